The van der Waals surface area contributed by atoms with Gasteiger partial charge in [0.15, 0.2) is 11.5 Å². The van der Waals surface area contributed by atoms with Crippen LogP contribution in [0.15, 0.2) is 42.5 Å². The second kappa shape index (κ2) is 11.3. The van der Waals surface area contributed by atoms with Crippen molar-refractivity contribution < 1.29 is 19.1 Å². The molecule has 0 radical (unpaired) electrons. The fourth-order valence-corrected chi connectivity index (χ4v) is 2.80. The van der Waals surface area contributed by atoms with Crippen molar-refractivity contribution in [3.8, 4) is 11.5 Å². The van der Waals surface area contributed by atoms with Crippen molar-refractivity contribution in [3.05, 3.63) is 53.1 Å². The summed E-state index contributed by atoms with van der Waals surface area (Å²) in [6.07, 6.45) is 0. The molecule has 0 spiro atoms. The van der Waals surface area contributed by atoms with Gasteiger partial charge in [0.05, 0.1) is 19.8 Å². The number of rotatable bonds is 9. The van der Waals surface area contributed by atoms with Gasteiger partial charge in [0.25, 0.3) is 0 Å². The Kier molecular flexibility index (Phi) is 8.76. The first kappa shape index (κ1) is 22.5. The number of carbonyl (C=O) groups excluding carboxylic acids is 2. The number of halogens is 1. The zero-order chi connectivity index (χ0) is 21.2. The van der Waals surface area contributed by atoms with Crippen LogP contribution >= 0.6 is 11.6 Å². The van der Waals surface area contributed by atoms with Crippen LogP contribution in [0.1, 0.15) is 32.4 Å². The van der Waals surface area contributed by atoms with E-state index in [1.54, 1.807) is 24.3 Å². The molecule has 2 aromatic rings. The molecular formula is C21H26ClN3O4. The summed E-state index contributed by atoms with van der Waals surface area (Å²) in [6, 6.07) is 11.7. The average Bonchev–Trinajstić information content (AvgIpc) is 2.68. The summed E-state index contributed by atoms with van der Waals surface area (Å²) in [6.45, 7) is 6.59. The molecule has 0 unspecified atom stereocenters. The van der Waals surface area contributed by atoms with Gasteiger partial charge in [-0.15, -0.1) is 0 Å². The van der Waals surface area contributed by atoms with Gasteiger partial charge in [-0.25, -0.2) is 4.79 Å². The number of carbonyl (C=O) groups is 2. The molecule has 8 heteroatoms. The van der Waals surface area contributed by atoms with Crippen LogP contribution in [0, 0.1) is 0 Å². The second-order valence-electron chi connectivity index (χ2n) is 6.19. The van der Waals surface area contributed by atoms with Crippen molar-refractivity contribution >= 4 is 29.2 Å². The Balaban J connectivity index is 1.86. The minimum absolute atomic E-state index is 0.0193. The maximum atomic E-state index is 12.1. The Labute approximate surface area is 175 Å². The van der Waals surface area contributed by atoms with Crippen LogP contribution in [0.3, 0.4) is 0 Å². The lowest BCUT2D eigenvalue weighted by Crippen LogP contribution is -2.40. The third-order valence-corrected chi connectivity index (χ3v) is 4.21. The highest BCUT2D eigenvalue weighted by molar-refractivity contribution is 6.30. The molecule has 3 N–H and O–H groups in total. The van der Waals surface area contributed by atoms with E-state index in [2.05, 4.69) is 16.0 Å². The Morgan fingerprint density at radius 3 is 2.45 bits per heavy atom. The van der Waals surface area contributed by atoms with Crippen molar-refractivity contribution in [1.82, 2.24) is 10.6 Å². The highest BCUT2D eigenvalue weighted by Gasteiger charge is 2.12. The van der Waals surface area contributed by atoms with Gasteiger partial charge in [-0.3, -0.25) is 10.1 Å². The predicted molar refractivity (Wildman–Crippen MR) is 114 cm³/mol. The summed E-state index contributed by atoms with van der Waals surface area (Å²) < 4.78 is 11.0. The number of anilines is 1. The van der Waals surface area contributed by atoms with Crippen LogP contribution in [0.5, 0.6) is 11.5 Å². The van der Waals surface area contributed by atoms with Crippen LogP contribution in [0.2, 0.25) is 5.02 Å². The van der Waals surface area contributed by atoms with E-state index < -0.39 is 11.9 Å². The summed E-state index contributed by atoms with van der Waals surface area (Å²) in [7, 11) is 0. The quantitative estimate of drug-likeness (QED) is 0.568. The smallest absolute Gasteiger partial charge is 0.325 e. The fraction of sp³-hybridized carbons (Fsp3) is 0.333. The summed E-state index contributed by atoms with van der Waals surface area (Å²) >= 11 is 5.98. The maximum Gasteiger partial charge on any atom is 0.325 e. The Hall–Kier alpha value is -2.77. The SMILES string of the molecule is CCOc1ccc(NC(=O)NC(=O)CN[C@@H](C)c2cccc(Cl)c2)cc1OCC. The van der Waals surface area contributed by atoms with Gasteiger partial charge in [0.1, 0.15) is 0 Å². The fourth-order valence-electron chi connectivity index (χ4n) is 2.60. The molecular weight excluding hydrogens is 394 g/mol. The monoisotopic (exact) mass is 419 g/mol. The van der Waals surface area contributed by atoms with Crippen LogP contribution in [0.25, 0.3) is 0 Å². The van der Waals surface area contributed by atoms with Gasteiger partial charge in [-0.05, 0) is 50.6 Å². The molecule has 2 rings (SSSR count). The maximum absolute atomic E-state index is 12.1. The van der Waals surface area contributed by atoms with E-state index in [1.807, 2.05) is 39.0 Å². The van der Waals surface area contributed by atoms with Crippen molar-refractivity contribution in [2.45, 2.75) is 26.8 Å². The molecule has 0 heterocycles. The Morgan fingerprint density at radius 2 is 1.76 bits per heavy atom. The molecule has 0 aliphatic carbocycles. The molecule has 0 saturated carbocycles. The zero-order valence-corrected chi connectivity index (χ0v) is 17.5. The molecule has 3 amide bonds. The van der Waals surface area contributed by atoms with Crippen molar-refractivity contribution in [2.24, 2.45) is 0 Å². The topological polar surface area (TPSA) is 88.7 Å². The molecule has 29 heavy (non-hydrogen) atoms. The molecule has 156 valence electrons. The lowest BCUT2D eigenvalue weighted by Gasteiger charge is -2.15. The normalized spacial score (nSPS) is 11.4. The van der Waals surface area contributed by atoms with Crippen LogP contribution in [0.4, 0.5) is 10.5 Å². The molecule has 0 aromatic heterocycles. The summed E-state index contributed by atoms with van der Waals surface area (Å²) in [4.78, 5) is 24.2. The first-order valence-electron chi connectivity index (χ1n) is 9.42. The summed E-state index contributed by atoms with van der Waals surface area (Å²) in [5.74, 6) is 0.665. The summed E-state index contributed by atoms with van der Waals surface area (Å²) in [5, 5.41) is 8.59. The first-order valence-corrected chi connectivity index (χ1v) is 9.80. The van der Waals surface area contributed by atoms with E-state index in [1.165, 1.54) is 0 Å². The number of hydrogen-bond acceptors (Lipinski definition) is 5. The Bertz CT molecular complexity index is 844. The van der Waals surface area contributed by atoms with Gasteiger partial charge in [-0.2, -0.15) is 0 Å². The van der Waals surface area contributed by atoms with Crippen molar-refractivity contribution in [3.63, 3.8) is 0 Å². The number of imide groups is 1. The molecule has 2 aromatic carbocycles. The number of hydrogen-bond donors (Lipinski definition) is 3. The van der Waals surface area contributed by atoms with Gasteiger partial charge in [-0.1, -0.05) is 23.7 Å². The molecule has 0 aliphatic rings. The van der Waals surface area contributed by atoms with Gasteiger partial charge in [0.2, 0.25) is 5.91 Å². The van der Waals surface area contributed by atoms with Crippen LogP contribution in [-0.4, -0.2) is 31.7 Å². The Morgan fingerprint density at radius 1 is 1.03 bits per heavy atom. The van der Waals surface area contributed by atoms with E-state index in [0.29, 0.717) is 35.4 Å². The third kappa shape index (κ3) is 7.29. The van der Waals surface area contributed by atoms with Gasteiger partial charge in [0, 0.05) is 22.8 Å². The molecule has 1 atom stereocenters. The molecule has 0 aliphatic heterocycles. The van der Waals surface area contributed by atoms with E-state index in [4.69, 9.17) is 21.1 Å². The van der Waals surface area contributed by atoms with E-state index in [0.717, 1.165) is 5.56 Å². The van der Waals surface area contributed by atoms with Crippen LogP contribution < -0.4 is 25.4 Å². The highest BCUT2D eigenvalue weighted by atomic mass is 35.5. The number of urea groups is 1. The number of benzene rings is 2. The van der Waals surface area contributed by atoms with E-state index in [9.17, 15) is 9.59 Å². The molecule has 0 bridgehead atoms. The largest absolute Gasteiger partial charge is 0.490 e. The summed E-state index contributed by atoms with van der Waals surface area (Å²) in [5.41, 5.74) is 1.44. The minimum atomic E-state index is -0.626. The zero-order valence-electron chi connectivity index (χ0n) is 16.8. The second-order valence-corrected chi connectivity index (χ2v) is 6.62. The lowest BCUT2D eigenvalue weighted by molar-refractivity contribution is -0.119. The minimum Gasteiger partial charge on any atom is -0.490 e. The first-order chi connectivity index (χ1) is 13.9. The van der Waals surface area contributed by atoms with Gasteiger partial charge >= 0.3 is 6.03 Å². The number of amides is 3. The van der Waals surface area contributed by atoms with Crippen molar-refractivity contribution in [1.29, 1.82) is 0 Å². The van der Waals surface area contributed by atoms with E-state index >= 15 is 0 Å². The molecule has 0 saturated heterocycles. The predicted octanol–water partition coefficient (Wildman–Crippen LogP) is 4.14. The average molecular weight is 420 g/mol. The van der Waals surface area contributed by atoms with Crippen molar-refractivity contribution in [2.75, 3.05) is 25.1 Å². The molecule has 0 fully saturated rings. The van der Waals surface area contributed by atoms with Crippen LogP contribution in [-0.2, 0) is 4.79 Å². The number of ether oxygens (including phenoxy) is 2. The van der Waals surface area contributed by atoms with Gasteiger partial charge < -0.3 is 20.1 Å². The molecule has 7 nitrogen and oxygen atoms in total. The number of nitrogens with one attached hydrogen (secondary N) is 3. The third-order valence-electron chi connectivity index (χ3n) is 3.97. The van der Waals surface area contributed by atoms with E-state index in [-0.39, 0.29) is 12.6 Å². The highest BCUT2D eigenvalue weighted by Crippen LogP contribution is 2.30. The standard InChI is InChI=1S/C21H26ClN3O4/c1-4-28-18-10-9-17(12-19(18)29-5-2)24-21(27)25-20(26)13-23-14(3)15-7-6-8-16(22)11-15/h6-12,14,23H,4-5,13H2,1-3H3,(H2,24,25,26,27)/t14-/m0/s1. The lowest BCUT2D eigenvalue weighted by atomic mass is 10.1.